The summed E-state index contributed by atoms with van der Waals surface area (Å²) in [5.41, 5.74) is 7.19. The van der Waals surface area contributed by atoms with Gasteiger partial charge >= 0.3 is 0 Å². The molecule has 0 saturated heterocycles. The van der Waals surface area contributed by atoms with Crippen molar-refractivity contribution in [1.29, 1.82) is 0 Å². The number of thiophene rings is 1. The van der Waals surface area contributed by atoms with Gasteiger partial charge < -0.3 is 5.73 Å². The van der Waals surface area contributed by atoms with Crippen LogP contribution in [-0.2, 0) is 6.42 Å². The van der Waals surface area contributed by atoms with Crippen LogP contribution in [0.3, 0.4) is 0 Å². The number of aryl methyl sites for hydroxylation is 1. The molecule has 1 heterocycles. The van der Waals surface area contributed by atoms with E-state index in [1.54, 1.807) is 11.3 Å². The van der Waals surface area contributed by atoms with Crippen molar-refractivity contribution in [2.75, 3.05) is 0 Å². The van der Waals surface area contributed by atoms with E-state index in [1.807, 2.05) is 31.2 Å². The second-order valence-electron chi connectivity index (χ2n) is 3.71. The SMILES string of the molecule is Cc1sc(Cc2ccccc2)cc1C(N)=O. The highest BCUT2D eigenvalue weighted by Gasteiger charge is 2.10. The maximum Gasteiger partial charge on any atom is 0.249 e. The van der Waals surface area contributed by atoms with Gasteiger partial charge in [0.05, 0.1) is 5.56 Å². The molecule has 0 aliphatic rings. The van der Waals surface area contributed by atoms with Crippen LogP contribution in [0.15, 0.2) is 36.4 Å². The van der Waals surface area contributed by atoms with Crippen molar-refractivity contribution in [3.05, 3.63) is 57.3 Å². The molecule has 0 aliphatic carbocycles. The number of hydrogen-bond donors (Lipinski definition) is 1. The number of carbonyl (C=O) groups is 1. The Morgan fingerprint density at radius 3 is 2.56 bits per heavy atom. The first-order chi connectivity index (χ1) is 7.66. The first-order valence-electron chi connectivity index (χ1n) is 5.10. The third kappa shape index (κ3) is 2.31. The van der Waals surface area contributed by atoms with E-state index in [4.69, 9.17) is 5.73 Å². The Morgan fingerprint density at radius 1 is 1.31 bits per heavy atom. The van der Waals surface area contributed by atoms with Gasteiger partial charge in [0, 0.05) is 16.2 Å². The lowest BCUT2D eigenvalue weighted by atomic mass is 10.1. The van der Waals surface area contributed by atoms with E-state index in [9.17, 15) is 4.79 Å². The molecule has 0 unspecified atom stereocenters. The van der Waals surface area contributed by atoms with Crippen LogP contribution in [0.25, 0.3) is 0 Å². The quantitative estimate of drug-likeness (QED) is 0.867. The topological polar surface area (TPSA) is 43.1 Å². The molecular weight excluding hydrogens is 218 g/mol. The van der Waals surface area contributed by atoms with Crippen molar-refractivity contribution < 1.29 is 4.79 Å². The number of hydrogen-bond acceptors (Lipinski definition) is 2. The first kappa shape index (κ1) is 10.9. The molecule has 1 amide bonds. The van der Waals surface area contributed by atoms with E-state index in [0.717, 1.165) is 11.3 Å². The normalized spacial score (nSPS) is 10.3. The Labute approximate surface area is 98.7 Å². The second kappa shape index (κ2) is 4.49. The van der Waals surface area contributed by atoms with Crippen LogP contribution in [0, 0.1) is 6.92 Å². The maximum atomic E-state index is 11.1. The zero-order valence-electron chi connectivity index (χ0n) is 9.07. The summed E-state index contributed by atoms with van der Waals surface area (Å²) < 4.78 is 0. The van der Waals surface area contributed by atoms with Crippen molar-refractivity contribution in [3.63, 3.8) is 0 Å². The molecule has 3 heteroatoms. The Morgan fingerprint density at radius 2 is 2.00 bits per heavy atom. The Balaban J connectivity index is 2.23. The minimum absolute atomic E-state index is 0.340. The average Bonchev–Trinajstić information content (AvgIpc) is 2.61. The van der Waals surface area contributed by atoms with Crippen LogP contribution in [0.1, 0.15) is 25.7 Å². The summed E-state index contributed by atoms with van der Waals surface area (Å²) in [5.74, 6) is -0.340. The highest BCUT2D eigenvalue weighted by Crippen LogP contribution is 2.23. The van der Waals surface area contributed by atoms with Gasteiger partial charge in [0.25, 0.3) is 0 Å². The van der Waals surface area contributed by atoms with E-state index in [0.29, 0.717) is 5.56 Å². The summed E-state index contributed by atoms with van der Waals surface area (Å²) in [4.78, 5) is 13.3. The second-order valence-corrected chi connectivity index (χ2v) is 5.05. The lowest BCUT2D eigenvalue weighted by Crippen LogP contribution is -2.10. The fourth-order valence-corrected chi connectivity index (χ4v) is 2.75. The van der Waals surface area contributed by atoms with Crippen LogP contribution < -0.4 is 5.73 Å². The summed E-state index contributed by atoms with van der Waals surface area (Å²) >= 11 is 1.64. The minimum Gasteiger partial charge on any atom is -0.366 e. The fraction of sp³-hybridized carbons (Fsp3) is 0.154. The van der Waals surface area contributed by atoms with Crippen LogP contribution in [0.2, 0.25) is 0 Å². The van der Waals surface area contributed by atoms with Gasteiger partial charge in [0.1, 0.15) is 0 Å². The van der Waals surface area contributed by atoms with E-state index in [2.05, 4.69) is 12.1 Å². The van der Waals surface area contributed by atoms with Gasteiger partial charge in [-0.3, -0.25) is 4.79 Å². The molecule has 0 fully saturated rings. The van der Waals surface area contributed by atoms with Crippen molar-refractivity contribution in [2.45, 2.75) is 13.3 Å². The number of nitrogens with two attached hydrogens (primary N) is 1. The van der Waals surface area contributed by atoms with Crippen molar-refractivity contribution in [3.8, 4) is 0 Å². The zero-order valence-corrected chi connectivity index (χ0v) is 9.88. The molecule has 2 N–H and O–H groups in total. The largest absolute Gasteiger partial charge is 0.366 e. The van der Waals surface area contributed by atoms with Crippen LogP contribution in [0.4, 0.5) is 0 Å². The Hall–Kier alpha value is -1.61. The first-order valence-corrected chi connectivity index (χ1v) is 5.91. The smallest absolute Gasteiger partial charge is 0.249 e. The van der Waals surface area contributed by atoms with E-state index in [-0.39, 0.29) is 5.91 Å². The van der Waals surface area contributed by atoms with Crippen molar-refractivity contribution in [2.24, 2.45) is 5.73 Å². The van der Waals surface area contributed by atoms with Crippen LogP contribution in [0.5, 0.6) is 0 Å². The highest BCUT2D eigenvalue weighted by atomic mass is 32.1. The number of primary amides is 1. The van der Waals surface area contributed by atoms with E-state index in [1.165, 1.54) is 10.4 Å². The molecule has 0 saturated carbocycles. The third-order valence-electron chi connectivity index (χ3n) is 2.46. The molecular formula is C13H13NOS. The minimum atomic E-state index is -0.340. The monoisotopic (exact) mass is 231 g/mol. The van der Waals surface area contributed by atoms with Crippen molar-refractivity contribution in [1.82, 2.24) is 0 Å². The van der Waals surface area contributed by atoms with Gasteiger partial charge in [-0.15, -0.1) is 11.3 Å². The molecule has 0 bridgehead atoms. The van der Waals surface area contributed by atoms with Crippen molar-refractivity contribution >= 4 is 17.2 Å². The third-order valence-corrected chi connectivity index (χ3v) is 3.51. The summed E-state index contributed by atoms with van der Waals surface area (Å²) in [6.07, 6.45) is 0.861. The van der Waals surface area contributed by atoms with Gasteiger partial charge in [-0.05, 0) is 18.6 Å². The van der Waals surface area contributed by atoms with Gasteiger partial charge in [0.2, 0.25) is 5.91 Å². The Kier molecular flexibility index (Phi) is 3.06. The molecule has 16 heavy (non-hydrogen) atoms. The van der Waals surface area contributed by atoms with Gasteiger partial charge in [-0.2, -0.15) is 0 Å². The number of amides is 1. The average molecular weight is 231 g/mol. The predicted molar refractivity (Wildman–Crippen MR) is 66.8 cm³/mol. The zero-order chi connectivity index (χ0) is 11.5. The molecule has 0 spiro atoms. The molecule has 2 aromatic rings. The summed E-state index contributed by atoms with van der Waals surface area (Å²) in [7, 11) is 0. The molecule has 2 nitrogen and oxygen atoms in total. The van der Waals surface area contributed by atoms with E-state index >= 15 is 0 Å². The van der Waals surface area contributed by atoms with Crippen LogP contribution >= 0.6 is 11.3 Å². The van der Waals surface area contributed by atoms with E-state index < -0.39 is 0 Å². The molecule has 1 aromatic carbocycles. The standard InChI is InChI=1S/C13H13NOS/c1-9-12(13(14)15)8-11(16-9)7-10-5-3-2-4-6-10/h2-6,8H,7H2,1H3,(H2,14,15). The fourth-order valence-electron chi connectivity index (χ4n) is 1.67. The summed E-state index contributed by atoms with van der Waals surface area (Å²) in [5, 5.41) is 0. The number of benzene rings is 1. The molecule has 0 aliphatic heterocycles. The molecule has 0 atom stereocenters. The van der Waals surface area contributed by atoms with Gasteiger partial charge in [-0.25, -0.2) is 0 Å². The maximum absolute atomic E-state index is 11.1. The predicted octanol–water partition coefficient (Wildman–Crippen LogP) is 2.75. The molecule has 1 aromatic heterocycles. The number of carbonyl (C=O) groups excluding carboxylic acids is 1. The van der Waals surface area contributed by atoms with Gasteiger partial charge in [0.15, 0.2) is 0 Å². The molecule has 0 radical (unpaired) electrons. The van der Waals surface area contributed by atoms with Crippen LogP contribution in [-0.4, -0.2) is 5.91 Å². The lowest BCUT2D eigenvalue weighted by Gasteiger charge is -1.96. The van der Waals surface area contributed by atoms with Gasteiger partial charge in [-0.1, -0.05) is 30.3 Å². The number of rotatable bonds is 3. The summed E-state index contributed by atoms with van der Waals surface area (Å²) in [6.45, 7) is 1.93. The Bertz CT molecular complexity index is 502. The highest BCUT2D eigenvalue weighted by molar-refractivity contribution is 7.12. The summed E-state index contributed by atoms with van der Waals surface area (Å²) in [6, 6.07) is 12.1. The molecule has 82 valence electrons. The lowest BCUT2D eigenvalue weighted by molar-refractivity contribution is 0.1000. The molecule has 2 rings (SSSR count).